The summed E-state index contributed by atoms with van der Waals surface area (Å²) >= 11 is 0. The van der Waals surface area contributed by atoms with E-state index < -0.39 is 5.97 Å². The van der Waals surface area contributed by atoms with E-state index in [4.69, 9.17) is 16.6 Å². The number of amides is 1. The molecular weight excluding hydrogens is 320 g/mol. The number of guanidine groups is 1. The molecule has 0 saturated heterocycles. The molecule has 2 aliphatic rings. The molecule has 2 rings (SSSR count). The molecule has 2 unspecified atom stereocenters. The van der Waals surface area contributed by atoms with Crippen LogP contribution in [0.1, 0.15) is 70.6 Å². The topological polar surface area (TPSA) is 131 Å². The quantitative estimate of drug-likeness (QED) is 0.409. The summed E-state index contributed by atoms with van der Waals surface area (Å²) < 4.78 is 0. The van der Waals surface area contributed by atoms with E-state index in [2.05, 4.69) is 10.3 Å². The number of aliphatic imine (C=N–C) groups is 1. The molecule has 0 spiro atoms. The van der Waals surface area contributed by atoms with E-state index in [1.807, 2.05) is 0 Å². The van der Waals surface area contributed by atoms with Gasteiger partial charge in [-0.1, -0.05) is 6.42 Å². The van der Waals surface area contributed by atoms with Gasteiger partial charge in [0.1, 0.15) is 0 Å². The van der Waals surface area contributed by atoms with Gasteiger partial charge in [-0.25, -0.2) is 0 Å². The fraction of sp³-hybridized carbons (Fsp3) is 0.833. The maximum atomic E-state index is 12.3. The van der Waals surface area contributed by atoms with Crippen LogP contribution in [0.15, 0.2) is 4.99 Å². The van der Waals surface area contributed by atoms with Crippen molar-refractivity contribution in [3.63, 3.8) is 0 Å². The van der Waals surface area contributed by atoms with Gasteiger partial charge in [0.2, 0.25) is 5.91 Å². The molecule has 2 fully saturated rings. The Hall–Kier alpha value is -1.79. The zero-order valence-electron chi connectivity index (χ0n) is 15.0. The number of nitrogens with zero attached hydrogens (tertiary/aromatic N) is 1. The number of carboxylic acid groups (broad SMARTS) is 1. The SMILES string of the molecule is NC(N)=NC1CCCC(CC(=O)NC2CCC(CCC(=O)O)CC2)C1. The number of aliphatic carboxylic acids is 1. The van der Waals surface area contributed by atoms with Crippen molar-refractivity contribution in [2.24, 2.45) is 28.3 Å². The van der Waals surface area contributed by atoms with Crippen molar-refractivity contribution >= 4 is 17.8 Å². The Balaban J connectivity index is 1.67. The molecule has 0 aromatic rings. The van der Waals surface area contributed by atoms with Crippen LogP contribution in [0.3, 0.4) is 0 Å². The van der Waals surface area contributed by atoms with Gasteiger partial charge in [0.15, 0.2) is 5.96 Å². The fourth-order valence-electron chi connectivity index (χ4n) is 4.25. The molecule has 142 valence electrons. The van der Waals surface area contributed by atoms with Gasteiger partial charge < -0.3 is 21.9 Å². The molecule has 0 aromatic carbocycles. The molecule has 0 aromatic heterocycles. The average molecular weight is 352 g/mol. The highest BCUT2D eigenvalue weighted by Gasteiger charge is 2.26. The van der Waals surface area contributed by atoms with Crippen LogP contribution in [0.25, 0.3) is 0 Å². The van der Waals surface area contributed by atoms with Crippen molar-refractivity contribution in [1.29, 1.82) is 0 Å². The number of hydrogen-bond acceptors (Lipinski definition) is 3. The van der Waals surface area contributed by atoms with Crippen LogP contribution in [0.5, 0.6) is 0 Å². The maximum absolute atomic E-state index is 12.3. The van der Waals surface area contributed by atoms with Gasteiger partial charge in [0.05, 0.1) is 6.04 Å². The van der Waals surface area contributed by atoms with Gasteiger partial charge in [0.25, 0.3) is 0 Å². The standard InChI is InChI=1S/C18H32N4O3/c19-18(20)22-15-3-1-2-13(10-15)11-16(23)21-14-7-4-12(5-8-14)6-9-17(24)25/h12-15H,1-11H2,(H,21,23)(H,24,25)(H4,19,20,22). The van der Waals surface area contributed by atoms with E-state index in [9.17, 15) is 9.59 Å². The number of carbonyl (C=O) groups is 2. The summed E-state index contributed by atoms with van der Waals surface area (Å²) in [5, 5.41) is 11.9. The van der Waals surface area contributed by atoms with Gasteiger partial charge in [-0.05, 0) is 63.2 Å². The van der Waals surface area contributed by atoms with Crippen molar-refractivity contribution in [2.75, 3.05) is 0 Å². The van der Waals surface area contributed by atoms with Gasteiger partial charge >= 0.3 is 5.97 Å². The summed E-state index contributed by atoms with van der Waals surface area (Å²) in [5.74, 6) is 0.387. The van der Waals surface area contributed by atoms with Crippen molar-refractivity contribution in [3.05, 3.63) is 0 Å². The Kier molecular flexibility index (Phi) is 7.52. The number of nitrogens with one attached hydrogen (secondary N) is 1. The number of carbonyl (C=O) groups excluding carboxylic acids is 1. The predicted octanol–water partition coefficient (Wildman–Crippen LogP) is 1.75. The van der Waals surface area contributed by atoms with Crippen LogP contribution in [0, 0.1) is 11.8 Å². The van der Waals surface area contributed by atoms with Crippen molar-refractivity contribution < 1.29 is 14.7 Å². The third kappa shape index (κ3) is 7.32. The first-order valence-corrected chi connectivity index (χ1v) is 9.52. The lowest BCUT2D eigenvalue weighted by molar-refractivity contribution is -0.137. The second-order valence-electron chi connectivity index (χ2n) is 7.66. The summed E-state index contributed by atoms with van der Waals surface area (Å²) in [6, 6.07) is 0.395. The smallest absolute Gasteiger partial charge is 0.303 e. The van der Waals surface area contributed by atoms with E-state index in [1.54, 1.807) is 0 Å². The van der Waals surface area contributed by atoms with E-state index in [1.165, 1.54) is 0 Å². The number of hydrogen-bond donors (Lipinski definition) is 4. The molecule has 0 radical (unpaired) electrons. The molecule has 2 saturated carbocycles. The van der Waals surface area contributed by atoms with Crippen LogP contribution < -0.4 is 16.8 Å². The number of nitrogens with two attached hydrogens (primary N) is 2. The average Bonchev–Trinajstić information content (AvgIpc) is 2.53. The first-order chi connectivity index (χ1) is 11.9. The molecule has 2 atom stereocenters. The predicted molar refractivity (Wildman–Crippen MR) is 96.9 cm³/mol. The van der Waals surface area contributed by atoms with Crippen molar-refractivity contribution in [2.45, 2.75) is 82.7 Å². The molecule has 0 heterocycles. The molecule has 7 heteroatoms. The highest BCUT2D eigenvalue weighted by Crippen LogP contribution is 2.30. The fourth-order valence-corrected chi connectivity index (χ4v) is 4.25. The Morgan fingerprint density at radius 1 is 1.04 bits per heavy atom. The minimum absolute atomic E-state index is 0.129. The lowest BCUT2D eigenvalue weighted by atomic mass is 9.82. The second-order valence-corrected chi connectivity index (χ2v) is 7.66. The molecule has 25 heavy (non-hydrogen) atoms. The third-order valence-electron chi connectivity index (χ3n) is 5.54. The monoisotopic (exact) mass is 352 g/mol. The number of carboxylic acids is 1. The minimum atomic E-state index is -0.720. The maximum Gasteiger partial charge on any atom is 0.303 e. The van der Waals surface area contributed by atoms with E-state index in [0.717, 1.165) is 57.8 Å². The van der Waals surface area contributed by atoms with E-state index in [-0.39, 0.29) is 30.4 Å². The summed E-state index contributed by atoms with van der Waals surface area (Å²) in [6.45, 7) is 0. The highest BCUT2D eigenvalue weighted by molar-refractivity contribution is 5.77. The zero-order chi connectivity index (χ0) is 18.2. The normalized spacial score (nSPS) is 29.6. The summed E-state index contributed by atoms with van der Waals surface area (Å²) in [4.78, 5) is 27.2. The molecule has 6 N–H and O–H groups in total. The van der Waals surface area contributed by atoms with Gasteiger partial charge in [-0.3, -0.25) is 14.6 Å². The van der Waals surface area contributed by atoms with E-state index >= 15 is 0 Å². The largest absolute Gasteiger partial charge is 0.481 e. The van der Waals surface area contributed by atoms with Crippen LogP contribution in [0.2, 0.25) is 0 Å². The molecule has 7 nitrogen and oxygen atoms in total. The van der Waals surface area contributed by atoms with Crippen LogP contribution >= 0.6 is 0 Å². The lowest BCUT2D eigenvalue weighted by Gasteiger charge is -2.30. The van der Waals surface area contributed by atoms with Crippen molar-refractivity contribution in [3.8, 4) is 0 Å². The van der Waals surface area contributed by atoms with Gasteiger partial charge in [-0.15, -0.1) is 0 Å². The van der Waals surface area contributed by atoms with Gasteiger partial charge in [0, 0.05) is 18.9 Å². The summed E-state index contributed by atoms with van der Waals surface area (Å²) in [6.07, 6.45) is 9.49. The van der Waals surface area contributed by atoms with Crippen LogP contribution in [-0.4, -0.2) is 35.0 Å². The lowest BCUT2D eigenvalue weighted by Crippen LogP contribution is -2.39. The molecular formula is C18H32N4O3. The highest BCUT2D eigenvalue weighted by atomic mass is 16.4. The molecule has 2 aliphatic carbocycles. The minimum Gasteiger partial charge on any atom is -0.481 e. The first kappa shape index (κ1) is 19.5. The Morgan fingerprint density at radius 2 is 1.76 bits per heavy atom. The Labute approximate surface area is 149 Å². The third-order valence-corrected chi connectivity index (χ3v) is 5.54. The summed E-state index contributed by atoms with van der Waals surface area (Å²) in [5.41, 5.74) is 10.9. The van der Waals surface area contributed by atoms with Crippen LogP contribution in [-0.2, 0) is 9.59 Å². The first-order valence-electron chi connectivity index (χ1n) is 9.52. The second kappa shape index (κ2) is 9.63. The Morgan fingerprint density at radius 3 is 2.40 bits per heavy atom. The van der Waals surface area contributed by atoms with Gasteiger partial charge in [-0.2, -0.15) is 0 Å². The molecule has 0 bridgehead atoms. The van der Waals surface area contributed by atoms with E-state index in [0.29, 0.717) is 18.3 Å². The molecule has 0 aliphatic heterocycles. The Bertz CT molecular complexity index is 483. The summed E-state index contributed by atoms with van der Waals surface area (Å²) in [7, 11) is 0. The number of rotatable bonds is 7. The van der Waals surface area contributed by atoms with Crippen LogP contribution in [0.4, 0.5) is 0 Å². The zero-order valence-corrected chi connectivity index (χ0v) is 15.0. The van der Waals surface area contributed by atoms with Crippen molar-refractivity contribution in [1.82, 2.24) is 5.32 Å². The molecule has 1 amide bonds.